The van der Waals surface area contributed by atoms with E-state index in [1.807, 2.05) is 12.1 Å². The molecule has 3 aliphatic rings. The average molecular weight is 469 g/mol. The molecule has 8 heteroatoms. The normalized spacial score (nSPS) is 25.1. The Hall–Kier alpha value is -2.42. The third-order valence-electron chi connectivity index (χ3n) is 7.18. The molecule has 0 spiro atoms. The van der Waals surface area contributed by atoms with Crippen molar-refractivity contribution in [1.82, 2.24) is 16.0 Å². The molecule has 3 N–H and O–H groups in total. The number of hydrogen-bond donors (Lipinski definition) is 3. The molecule has 3 aliphatic heterocycles. The van der Waals surface area contributed by atoms with E-state index >= 15 is 0 Å². The molecule has 3 unspecified atom stereocenters. The zero-order valence-electron chi connectivity index (χ0n) is 18.8. The van der Waals surface area contributed by atoms with Gasteiger partial charge < -0.3 is 20.9 Å². The van der Waals surface area contributed by atoms with Crippen LogP contribution in [0.25, 0.3) is 0 Å². The van der Waals surface area contributed by atoms with E-state index in [0.29, 0.717) is 23.4 Å². The van der Waals surface area contributed by atoms with Gasteiger partial charge in [-0.05, 0) is 80.6 Å². The van der Waals surface area contributed by atoms with Gasteiger partial charge >= 0.3 is 0 Å². The molecule has 0 aliphatic carbocycles. The monoisotopic (exact) mass is 468 g/mol. The van der Waals surface area contributed by atoms with Gasteiger partial charge in [-0.1, -0.05) is 18.2 Å². The van der Waals surface area contributed by atoms with Crippen LogP contribution in [0, 0.1) is 5.92 Å². The van der Waals surface area contributed by atoms with Crippen molar-refractivity contribution in [2.24, 2.45) is 5.92 Å². The average Bonchev–Trinajstić information content (AvgIpc) is 3.53. The molecule has 3 fully saturated rings. The smallest absolute Gasteiger partial charge is 0.237 e. The summed E-state index contributed by atoms with van der Waals surface area (Å²) in [6.07, 6.45) is 4.21. The quantitative estimate of drug-likeness (QED) is 0.601. The standard InChI is InChI=1S/C25H32N4O3S/c30-25(24-14-19-17-26-11-10-23(19)28-24)27-16-18-6-8-21(9-7-18)33(31,32)22-5-3-4-20(15-22)29-12-1-2-13-29/h3-9,15,19,23-24,26,28H,1-2,10-14,16-17H2,(H,27,30). The number of piperidine rings is 1. The van der Waals surface area contributed by atoms with Crippen LogP contribution in [0.2, 0.25) is 0 Å². The van der Waals surface area contributed by atoms with E-state index in [4.69, 9.17) is 0 Å². The molecular formula is C25H32N4O3S. The summed E-state index contributed by atoms with van der Waals surface area (Å²) in [7, 11) is -3.59. The molecule has 2 aromatic rings. The van der Waals surface area contributed by atoms with Gasteiger partial charge in [-0.2, -0.15) is 0 Å². The van der Waals surface area contributed by atoms with Crippen LogP contribution < -0.4 is 20.9 Å². The van der Waals surface area contributed by atoms with Crippen LogP contribution in [0.5, 0.6) is 0 Å². The van der Waals surface area contributed by atoms with Crippen molar-refractivity contribution in [3.8, 4) is 0 Å². The number of carbonyl (C=O) groups is 1. The van der Waals surface area contributed by atoms with Crippen molar-refractivity contribution in [3.63, 3.8) is 0 Å². The zero-order chi connectivity index (χ0) is 22.8. The molecule has 0 saturated carbocycles. The minimum Gasteiger partial charge on any atom is -0.372 e. The van der Waals surface area contributed by atoms with Gasteiger partial charge in [-0.25, -0.2) is 8.42 Å². The Morgan fingerprint density at radius 2 is 1.85 bits per heavy atom. The number of hydrogen-bond acceptors (Lipinski definition) is 6. The number of rotatable bonds is 6. The van der Waals surface area contributed by atoms with Gasteiger partial charge in [0.1, 0.15) is 0 Å². The topological polar surface area (TPSA) is 90.5 Å². The highest BCUT2D eigenvalue weighted by Gasteiger charge is 2.38. The Morgan fingerprint density at radius 1 is 1.06 bits per heavy atom. The van der Waals surface area contributed by atoms with Gasteiger partial charge in [0, 0.05) is 31.4 Å². The first-order valence-corrected chi connectivity index (χ1v) is 13.4. The Bertz CT molecular complexity index is 1080. The molecule has 3 heterocycles. The first kappa shape index (κ1) is 22.4. The lowest BCUT2D eigenvalue weighted by molar-refractivity contribution is -0.123. The molecule has 3 atom stereocenters. The summed E-state index contributed by atoms with van der Waals surface area (Å²) in [5.74, 6) is 0.530. The Morgan fingerprint density at radius 3 is 2.61 bits per heavy atom. The molecule has 2 aromatic carbocycles. The molecule has 5 rings (SSSR count). The highest BCUT2D eigenvalue weighted by molar-refractivity contribution is 7.91. The Kier molecular flexibility index (Phi) is 6.40. The maximum atomic E-state index is 13.2. The highest BCUT2D eigenvalue weighted by Crippen LogP contribution is 2.27. The number of amides is 1. The summed E-state index contributed by atoms with van der Waals surface area (Å²) in [5, 5.41) is 9.86. The summed E-state index contributed by atoms with van der Waals surface area (Å²) in [6.45, 7) is 4.30. The lowest BCUT2D eigenvalue weighted by Gasteiger charge is -2.25. The van der Waals surface area contributed by atoms with E-state index < -0.39 is 9.84 Å². The predicted octanol–water partition coefficient (Wildman–Crippen LogP) is 2.08. The number of anilines is 1. The molecule has 3 saturated heterocycles. The van der Waals surface area contributed by atoms with Crippen molar-refractivity contribution < 1.29 is 13.2 Å². The van der Waals surface area contributed by atoms with Crippen molar-refractivity contribution in [1.29, 1.82) is 0 Å². The number of benzene rings is 2. The Labute approximate surface area is 195 Å². The molecule has 7 nitrogen and oxygen atoms in total. The van der Waals surface area contributed by atoms with Gasteiger partial charge in [0.05, 0.1) is 15.8 Å². The number of sulfone groups is 1. The van der Waals surface area contributed by atoms with Gasteiger partial charge in [0.15, 0.2) is 0 Å². The second-order valence-corrected chi connectivity index (χ2v) is 11.3. The molecule has 1 amide bonds. The van der Waals surface area contributed by atoms with Gasteiger partial charge in [-0.3, -0.25) is 4.79 Å². The predicted molar refractivity (Wildman–Crippen MR) is 128 cm³/mol. The van der Waals surface area contributed by atoms with Gasteiger partial charge in [0.25, 0.3) is 0 Å². The Balaban J connectivity index is 1.21. The maximum Gasteiger partial charge on any atom is 0.237 e. The largest absolute Gasteiger partial charge is 0.372 e. The van der Waals surface area contributed by atoms with E-state index in [1.54, 1.807) is 36.4 Å². The number of nitrogens with zero attached hydrogens (tertiary/aromatic N) is 1. The summed E-state index contributed by atoms with van der Waals surface area (Å²) in [6, 6.07) is 14.3. The summed E-state index contributed by atoms with van der Waals surface area (Å²) >= 11 is 0. The fourth-order valence-corrected chi connectivity index (χ4v) is 6.56. The van der Waals surface area contributed by atoms with Crippen LogP contribution >= 0.6 is 0 Å². The van der Waals surface area contributed by atoms with Crippen molar-refractivity contribution in [2.45, 2.75) is 54.1 Å². The minimum atomic E-state index is -3.59. The maximum absolute atomic E-state index is 13.2. The highest BCUT2D eigenvalue weighted by atomic mass is 32.2. The molecule has 0 aromatic heterocycles. The molecule has 176 valence electrons. The van der Waals surface area contributed by atoms with Crippen LogP contribution in [0.3, 0.4) is 0 Å². The van der Waals surface area contributed by atoms with Crippen LogP contribution in [0.4, 0.5) is 5.69 Å². The van der Waals surface area contributed by atoms with E-state index in [-0.39, 0.29) is 16.8 Å². The fraction of sp³-hybridized carbons (Fsp3) is 0.480. The summed E-state index contributed by atoms with van der Waals surface area (Å²) in [4.78, 5) is 15.4. The van der Waals surface area contributed by atoms with Crippen LogP contribution in [0.15, 0.2) is 58.3 Å². The third-order valence-corrected chi connectivity index (χ3v) is 8.94. The zero-order valence-corrected chi connectivity index (χ0v) is 19.6. The minimum absolute atomic E-state index is 0.0137. The molecule has 0 radical (unpaired) electrons. The molecular weight excluding hydrogens is 436 g/mol. The number of nitrogens with one attached hydrogen (secondary N) is 3. The van der Waals surface area contributed by atoms with Crippen molar-refractivity contribution >= 4 is 21.4 Å². The van der Waals surface area contributed by atoms with Gasteiger partial charge in [-0.15, -0.1) is 0 Å². The third kappa shape index (κ3) is 4.78. The first-order chi connectivity index (χ1) is 16.0. The lowest BCUT2D eigenvalue weighted by atomic mass is 9.94. The molecule has 0 bridgehead atoms. The second-order valence-electron chi connectivity index (χ2n) is 9.37. The van der Waals surface area contributed by atoms with E-state index in [9.17, 15) is 13.2 Å². The number of fused-ring (bicyclic) bond motifs is 1. The van der Waals surface area contributed by atoms with E-state index in [2.05, 4.69) is 20.9 Å². The van der Waals surface area contributed by atoms with E-state index in [0.717, 1.165) is 63.1 Å². The van der Waals surface area contributed by atoms with E-state index in [1.165, 1.54) is 0 Å². The number of carbonyl (C=O) groups excluding carboxylic acids is 1. The first-order valence-electron chi connectivity index (χ1n) is 11.9. The van der Waals surface area contributed by atoms with Crippen LogP contribution in [0.1, 0.15) is 31.2 Å². The van der Waals surface area contributed by atoms with Crippen LogP contribution in [-0.2, 0) is 21.2 Å². The van der Waals surface area contributed by atoms with Gasteiger partial charge in [0.2, 0.25) is 15.7 Å². The SMILES string of the molecule is O=C(NCc1ccc(S(=O)(=O)c2cccc(N3CCCC3)c2)cc1)C1CC2CNCCC2N1. The summed E-state index contributed by atoms with van der Waals surface area (Å²) < 4.78 is 26.3. The summed E-state index contributed by atoms with van der Waals surface area (Å²) in [5.41, 5.74) is 1.84. The lowest BCUT2D eigenvalue weighted by Crippen LogP contribution is -2.45. The fourth-order valence-electron chi connectivity index (χ4n) is 5.26. The van der Waals surface area contributed by atoms with Crippen LogP contribution in [-0.4, -0.2) is 52.6 Å². The second kappa shape index (κ2) is 9.44. The molecule has 33 heavy (non-hydrogen) atoms. The van der Waals surface area contributed by atoms with Crippen molar-refractivity contribution in [3.05, 3.63) is 54.1 Å². The van der Waals surface area contributed by atoms with Crippen molar-refractivity contribution in [2.75, 3.05) is 31.1 Å².